The molecule has 0 fully saturated rings. The van der Waals surface area contributed by atoms with Gasteiger partial charge in [0.1, 0.15) is 11.8 Å². The smallest absolute Gasteiger partial charge is 0.261 e. The maximum absolute atomic E-state index is 13.5. The van der Waals surface area contributed by atoms with Crippen LogP contribution in [0.1, 0.15) is 43.0 Å². The van der Waals surface area contributed by atoms with Crippen molar-refractivity contribution in [1.29, 1.82) is 0 Å². The van der Waals surface area contributed by atoms with Crippen LogP contribution in [0, 0.1) is 6.92 Å². The minimum atomic E-state index is -0.665. The van der Waals surface area contributed by atoms with Gasteiger partial charge in [0.15, 0.2) is 6.61 Å². The Balaban J connectivity index is 1.84. The Hall–Kier alpha value is -3.60. The number of hydrogen-bond donors (Lipinski definition) is 1. The first-order valence-corrected chi connectivity index (χ1v) is 12.0. The van der Waals surface area contributed by atoms with Crippen LogP contribution < -0.4 is 10.1 Å². The summed E-state index contributed by atoms with van der Waals surface area (Å²) in [5.41, 5.74) is 4.29. The fourth-order valence-corrected chi connectivity index (χ4v) is 4.01. The van der Waals surface area contributed by atoms with Gasteiger partial charge in [0.05, 0.1) is 0 Å². The summed E-state index contributed by atoms with van der Waals surface area (Å²) in [6.07, 6.45) is 0.415. The first kappa shape index (κ1) is 26.0. The van der Waals surface area contributed by atoms with Crippen LogP contribution in [0.15, 0.2) is 78.9 Å². The summed E-state index contributed by atoms with van der Waals surface area (Å²) in [6, 6.07) is 24.9. The average molecular weight is 473 g/mol. The largest absolute Gasteiger partial charge is 0.484 e. The Morgan fingerprint density at radius 3 is 2.17 bits per heavy atom. The maximum Gasteiger partial charge on any atom is 0.261 e. The second kappa shape index (κ2) is 11.7. The van der Waals surface area contributed by atoms with Crippen molar-refractivity contribution in [2.24, 2.45) is 0 Å². The van der Waals surface area contributed by atoms with Gasteiger partial charge >= 0.3 is 0 Å². The van der Waals surface area contributed by atoms with Crippen LogP contribution in [0.5, 0.6) is 5.75 Å². The van der Waals surface area contributed by atoms with Crippen molar-refractivity contribution in [1.82, 2.24) is 10.2 Å². The quantitative estimate of drug-likeness (QED) is 0.474. The number of carbonyl (C=O) groups is 2. The van der Waals surface area contributed by atoms with Crippen molar-refractivity contribution in [2.45, 2.75) is 52.1 Å². The SMILES string of the molecule is CNC(=O)C(Cc1ccccc1)N(Cc1cccc(C)c1)C(=O)COc1ccc(C(C)(C)C)cc1. The van der Waals surface area contributed by atoms with Gasteiger partial charge in [0.2, 0.25) is 5.91 Å². The molecule has 1 N–H and O–H groups in total. The van der Waals surface area contributed by atoms with Crippen molar-refractivity contribution in [3.05, 3.63) is 101 Å². The summed E-state index contributed by atoms with van der Waals surface area (Å²) >= 11 is 0. The first-order chi connectivity index (χ1) is 16.7. The zero-order valence-corrected chi connectivity index (χ0v) is 21.4. The van der Waals surface area contributed by atoms with Crippen molar-refractivity contribution in [3.63, 3.8) is 0 Å². The van der Waals surface area contributed by atoms with Crippen molar-refractivity contribution < 1.29 is 14.3 Å². The van der Waals surface area contributed by atoms with Gasteiger partial charge in [-0.15, -0.1) is 0 Å². The third-order valence-corrected chi connectivity index (χ3v) is 6.04. The van der Waals surface area contributed by atoms with E-state index in [1.807, 2.05) is 85.8 Å². The van der Waals surface area contributed by atoms with E-state index in [1.165, 1.54) is 5.56 Å². The number of aryl methyl sites for hydroxylation is 1. The number of amides is 2. The lowest BCUT2D eigenvalue weighted by atomic mass is 9.87. The van der Waals surface area contributed by atoms with Crippen LogP contribution in [-0.2, 0) is 28.0 Å². The molecule has 3 rings (SSSR count). The van der Waals surface area contributed by atoms with E-state index in [0.29, 0.717) is 18.7 Å². The third-order valence-electron chi connectivity index (χ3n) is 6.04. The van der Waals surface area contributed by atoms with Crippen LogP contribution in [-0.4, -0.2) is 36.4 Å². The fourth-order valence-electron chi connectivity index (χ4n) is 4.01. The molecule has 184 valence electrons. The van der Waals surface area contributed by atoms with E-state index in [2.05, 4.69) is 26.1 Å². The molecule has 0 bridgehead atoms. The molecule has 0 radical (unpaired) electrons. The molecular weight excluding hydrogens is 436 g/mol. The van der Waals surface area contributed by atoms with Gasteiger partial charge in [-0.1, -0.05) is 93.1 Å². The minimum Gasteiger partial charge on any atom is -0.484 e. The van der Waals surface area contributed by atoms with E-state index in [-0.39, 0.29) is 23.8 Å². The van der Waals surface area contributed by atoms with Gasteiger partial charge in [-0.25, -0.2) is 0 Å². The summed E-state index contributed by atoms with van der Waals surface area (Å²) in [6.45, 7) is 8.64. The molecule has 0 aliphatic rings. The Morgan fingerprint density at radius 1 is 0.914 bits per heavy atom. The summed E-state index contributed by atoms with van der Waals surface area (Å²) < 4.78 is 5.87. The monoisotopic (exact) mass is 472 g/mol. The molecule has 0 aromatic heterocycles. The lowest BCUT2D eigenvalue weighted by Crippen LogP contribution is -2.51. The number of likely N-dealkylation sites (N-methyl/N-ethyl adjacent to an activating group) is 1. The van der Waals surface area contributed by atoms with Crippen molar-refractivity contribution in [3.8, 4) is 5.75 Å². The molecule has 0 saturated carbocycles. The molecule has 3 aromatic rings. The lowest BCUT2D eigenvalue weighted by Gasteiger charge is -2.31. The van der Waals surface area contributed by atoms with Crippen LogP contribution in [0.3, 0.4) is 0 Å². The molecule has 1 unspecified atom stereocenters. The molecule has 0 spiro atoms. The number of ether oxygens (including phenoxy) is 1. The highest BCUT2D eigenvalue weighted by Gasteiger charge is 2.30. The fraction of sp³-hybridized carbons (Fsp3) is 0.333. The lowest BCUT2D eigenvalue weighted by molar-refractivity contribution is -0.142. The predicted octanol–water partition coefficient (Wildman–Crippen LogP) is 5.06. The normalized spacial score (nSPS) is 12.0. The molecule has 1 atom stereocenters. The number of benzene rings is 3. The number of rotatable bonds is 9. The topological polar surface area (TPSA) is 58.6 Å². The molecule has 5 heteroatoms. The molecule has 35 heavy (non-hydrogen) atoms. The van der Waals surface area contributed by atoms with Crippen molar-refractivity contribution >= 4 is 11.8 Å². The molecule has 3 aromatic carbocycles. The van der Waals surface area contributed by atoms with Gasteiger partial charge in [-0.3, -0.25) is 9.59 Å². The first-order valence-electron chi connectivity index (χ1n) is 12.0. The minimum absolute atomic E-state index is 0.0388. The Morgan fingerprint density at radius 2 is 1.57 bits per heavy atom. The highest BCUT2D eigenvalue weighted by molar-refractivity contribution is 5.88. The second-order valence-corrected chi connectivity index (χ2v) is 9.89. The molecule has 2 amide bonds. The molecule has 0 aliphatic carbocycles. The Labute approximate surface area is 209 Å². The average Bonchev–Trinajstić information content (AvgIpc) is 2.84. The summed E-state index contributed by atoms with van der Waals surface area (Å²) in [5, 5.41) is 2.74. The standard InChI is InChI=1S/C30H36N2O3/c1-22-10-9-13-24(18-22)20-32(27(29(34)31-5)19-23-11-7-6-8-12-23)28(33)21-35-26-16-14-25(15-17-26)30(2,3)4/h6-18,27H,19-21H2,1-5H3,(H,31,34). The third kappa shape index (κ3) is 7.44. The van der Waals surface area contributed by atoms with Crippen molar-refractivity contribution in [2.75, 3.05) is 13.7 Å². The Kier molecular flexibility index (Phi) is 8.69. The van der Waals surface area contributed by atoms with Gasteiger partial charge in [0.25, 0.3) is 5.91 Å². The van der Waals surface area contributed by atoms with Gasteiger partial charge in [-0.2, -0.15) is 0 Å². The van der Waals surface area contributed by atoms with E-state index in [9.17, 15) is 9.59 Å². The predicted molar refractivity (Wildman–Crippen MR) is 140 cm³/mol. The number of nitrogens with zero attached hydrogens (tertiary/aromatic N) is 1. The van der Waals surface area contributed by atoms with E-state index in [1.54, 1.807) is 11.9 Å². The van der Waals surface area contributed by atoms with Crippen LogP contribution >= 0.6 is 0 Å². The van der Waals surface area contributed by atoms with Gasteiger partial charge in [0, 0.05) is 20.0 Å². The summed E-state index contributed by atoms with van der Waals surface area (Å²) in [5.74, 6) is 0.182. The van der Waals surface area contributed by atoms with Gasteiger partial charge in [-0.05, 0) is 41.2 Å². The highest BCUT2D eigenvalue weighted by Crippen LogP contribution is 2.24. The van der Waals surface area contributed by atoms with E-state index >= 15 is 0 Å². The molecule has 0 saturated heterocycles. The zero-order valence-electron chi connectivity index (χ0n) is 21.4. The van der Waals surface area contributed by atoms with Crippen LogP contribution in [0.2, 0.25) is 0 Å². The van der Waals surface area contributed by atoms with Gasteiger partial charge < -0.3 is 15.0 Å². The molecule has 5 nitrogen and oxygen atoms in total. The number of carbonyl (C=O) groups excluding carboxylic acids is 2. The molecule has 0 heterocycles. The maximum atomic E-state index is 13.5. The zero-order chi connectivity index (χ0) is 25.4. The van der Waals surface area contributed by atoms with Crippen LogP contribution in [0.25, 0.3) is 0 Å². The van der Waals surface area contributed by atoms with E-state index in [0.717, 1.165) is 16.7 Å². The molecular formula is C30H36N2O3. The number of nitrogens with one attached hydrogen (secondary N) is 1. The van der Waals surface area contributed by atoms with E-state index < -0.39 is 6.04 Å². The second-order valence-electron chi connectivity index (χ2n) is 9.89. The highest BCUT2D eigenvalue weighted by atomic mass is 16.5. The van der Waals surface area contributed by atoms with Crippen LogP contribution in [0.4, 0.5) is 0 Å². The molecule has 0 aliphatic heterocycles. The summed E-state index contributed by atoms with van der Waals surface area (Å²) in [7, 11) is 1.60. The Bertz CT molecular complexity index is 1120. The summed E-state index contributed by atoms with van der Waals surface area (Å²) in [4.78, 5) is 28.1. The van der Waals surface area contributed by atoms with E-state index in [4.69, 9.17) is 4.74 Å². The number of hydrogen-bond acceptors (Lipinski definition) is 3.